The molecule has 0 spiro atoms. The maximum atomic E-state index is 12.3. The zero-order valence-corrected chi connectivity index (χ0v) is 16.4. The molecule has 148 valence electrons. The van der Waals surface area contributed by atoms with E-state index in [-0.39, 0.29) is 12.6 Å². The molecule has 1 aliphatic heterocycles. The summed E-state index contributed by atoms with van der Waals surface area (Å²) in [6, 6.07) is 16.5. The molecule has 3 aromatic rings. The van der Waals surface area contributed by atoms with Crippen LogP contribution in [-0.4, -0.2) is 34.9 Å². The number of rotatable bonds is 5. The van der Waals surface area contributed by atoms with E-state index in [1.807, 2.05) is 48.9 Å². The highest BCUT2D eigenvalue weighted by atomic mass is 16.5. The second kappa shape index (κ2) is 7.79. The van der Waals surface area contributed by atoms with Crippen LogP contribution in [0.5, 0.6) is 0 Å². The molecule has 1 saturated heterocycles. The van der Waals surface area contributed by atoms with Crippen molar-refractivity contribution in [2.75, 3.05) is 18.0 Å². The van der Waals surface area contributed by atoms with Gasteiger partial charge in [0, 0.05) is 24.5 Å². The molecule has 1 fully saturated rings. The summed E-state index contributed by atoms with van der Waals surface area (Å²) >= 11 is 0. The first kappa shape index (κ1) is 18.7. The molecule has 1 aliphatic rings. The predicted molar refractivity (Wildman–Crippen MR) is 109 cm³/mol. The fourth-order valence-electron chi connectivity index (χ4n) is 3.35. The number of amides is 2. The number of aryl methyl sites for hydroxylation is 2. The minimum Gasteiger partial charge on any atom is -0.457 e. The Bertz CT molecular complexity index is 1040. The van der Waals surface area contributed by atoms with Crippen LogP contribution >= 0.6 is 0 Å². The Balaban J connectivity index is 1.37. The van der Waals surface area contributed by atoms with Gasteiger partial charge < -0.3 is 10.1 Å². The molecule has 7 heteroatoms. The first-order valence-electron chi connectivity index (χ1n) is 9.46. The van der Waals surface area contributed by atoms with Crippen LogP contribution in [0.4, 0.5) is 10.5 Å². The van der Waals surface area contributed by atoms with E-state index in [2.05, 4.69) is 10.4 Å². The smallest absolute Gasteiger partial charge is 0.338 e. The lowest BCUT2D eigenvalue weighted by Gasteiger charge is -2.14. The van der Waals surface area contributed by atoms with E-state index in [4.69, 9.17) is 4.74 Å². The Morgan fingerprint density at radius 2 is 1.76 bits per heavy atom. The molecular weight excluding hydrogens is 368 g/mol. The molecular formula is C22H22N4O3. The topological polar surface area (TPSA) is 76.5 Å². The monoisotopic (exact) mass is 390 g/mol. The van der Waals surface area contributed by atoms with Gasteiger partial charge in [-0.3, -0.25) is 4.90 Å². The second-order valence-electron chi connectivity index (χ2n) is 7.01. The maximum absolute atomic E-state index is 12.3. The van der Waals surface area contributed by atoms with Crippen LogP contribution in [0.3, 0.4) is 0 Å². The highest BCUT2D eigenvalue weighted by Crippen LogP contribution is 2.18. The number of benzene rings is 2. The van der Waals surface area contributed by atoms with Gasteiger partial charge in [-0.25, -0.2) is 14.3 Å². The number of carbonyl (C=O) groups excluding carboxylic acids is 2. The standard InChI is InChI=1S/C22H22N4O3/c1-15-13-16(2)26(24-15)20-7-3-17(4-8-20)14-29-21(27)18-5-9-19(10-6-18)25-12-11-23-22(25)28/h3-10,13H,11-12,14H2,1-2H3,(H,23,28). The first-order valence-corrected chi connectivity index (χ1v) is 9.46. The molecule has 4 rings (SSSR count). The van der Waals surface area contributed by atoms with Crippen molar-refractivity contribution in [2.24, 2.45) is 0 Å². The molecule has 2 heterocycles. The Kier molecular flexibility index (Phi) is 5.03. The van der Waals surface area contributed by atoms with E-state index in [0.717, 1.165) is 28.3 Å². The number of urea groups is 1. The third kappa shape index (κ3) is 3.99. The van der Waals surface area contributed by atoms with Crippen molar-refractivity contribution in [3.05, 3.63) is 77.1 Å². The summed E-state index contributed by atoms with van der Waals surface area (Å²) in [5.74, 6) is -0.398. The van der Waals surface area contributed by atoms with Crippen LogP contribution in [-0.2, 0) is 11.3 Å². The number of nitrogens with zero attached hydrogens (tertiary/aromatic N) is 3. The number of aromatic nitrogens is 2. The number of anilines is 1. The lowest BCUT2D eigenvalue weighted by molar-refractivity contribution is 0.0472. The van der Waals surface area contributed by atoms with Gasteiger partial charge in [0.15, 0.2) is 0 Å². The van der Waals surface area contributed by atoms with Crippen LogP contribution in [0.15, 0.2) is 54.6 Å². The van der Waals surface area contributed by atoms with Crippen LogP contribution in [0.2, 0.25) is 0 Å². The number of hydrogen-bond donors (Lipinski definition) is 1. The quantitative estimate of drug-likeness (QED) is 0.678. The van der Waals surface area contributed by atoms with Crippen LogP contribution in [0, 0.1) is 13.8 Å². The molecule has 0 unspecified atom stereocenters. The largest absolute Gasteiger partial charge is 0.457 e. The van der Waals surface area contributed by atoms with Gasteiger partial charge in [0.25, 0.3) is 0 Å². The average Bonchev–Trinajstić information content (AvgIpc) is 3.31. The van der Waals surface area contributed by atoms with E-state index >= 15 is 0 Å². The van der Waals surface area contributed by atoms with Gasteiger partial charge in [-0.05, 0) is 61.9 Å². The van der Waals surface area contributed by atoms with Crippen LogP contribution in [0.25, 0.3) is 5.69 Å². The molecule has 1 N–H and O–H groups in total. The Hall–Kier alpha value is -3.61. The first-order chi connectivity index (χ1) is 14.0. The highest BCUT2D eigenvalue weighted by molar-refractivity contribution is 5.95. The molecule has 2 aromatic carbocycles. The summed E-state index contributed by atoms with van der Waals surface area (Å²) in [4.78, 5) is 25.7. The van der Waals surface area contributed by atoms with Gasteiger partial charge in [0.05, 0.1) is 16.9 Å². The Morgan fingerprint density at radius 3 is 2.34 bits per heavy atom. The van der Waals surface area contributed by atoms with E-state index in [9.17, 15) is 9.59 Å². The summed E-state index contributed by atoms with van der Waals surface area (Å²) < 4.78 is 7.30. The average molecular weight is 390 g/mol. The van der Waals surface area contributed by atoms with Gasteiger partial charge in [-0.2, -0.15) is 5.10 Å². The van der Waals surface area contributed by atoms with E-state index in [0.29, 0.717) is 18.7 Å². The van der Waals surface area contributed by atoms with Gasteiger partial charge in [-0.15, -0.1) is 0 Å². The molecule has 0 radical (unpaired) electrons. The predicted octanol–water partition coefficient (Wildman–Crippen LogP) is 3.38. The third-order valence-corrected chi connectivity index (χ3v) is 4.83. The fraction of sp³-hybridized carbons (Fsp3) is 0.227. The van der Waals surface area contributed by atoms with Crippen LogP contribution < -0.4 is 10.2 Å². The number of ether oxygens (including phenoxy) is 1. The Morgan fingerprint density at radius 1 is 1.07 bits per heavy atom. The van der Waals surface area contributed by atoms with E-state index < -0.39 is 5.97 Å². The van der Waals surface area contributed by atoms with Crippen molar-refractivity contribution in [2.45, 2.75) is 20.5 Å². The lowest BCUT2D eigenvalue weighted by atomic mass is 10.2. The lowest BCUT2D eigenvalue weighted by Crippen LogP contribution is -2.27. The minimum absolute atomic E-state index is 0.121. The molecule has 1 aromatic heterocycles. The zero-order valence-electron chi connectivity index (χ0n) is 16.4. The molecule has 0 aliphatic carbocycles. The fourth-order valence-corrected chi connectivity index (χ4v) is 3.35. The molecule has 0 saturated carbocycles. The van der Waals surface area contributed by atoms with Crippen molar-refractivity contribution in [3.63, 3.8) is 0 Å². The summed E-state index contributed by atoms with van der Waals surface area (Å²) in [6.45, 7) is 5.41. The maximum Gasteiger partial charge on any atom is 0.338 e. The number of carbonyl (C=O) groups is 2. The molecule has 7 nitrogen and oxygen atoms in total. The van der Waals surface area contributed by atoms with Crippen LogP contribution in [0.1, 0.15) is 27.3 Å². The van der Waals surface area contributed by atoms with Crippen molar-refractivity contribution in [1.29, 1.82) is 0 Å². The van der Waals surface area contributed by atoms with Crippen molar-refractivity contribution >= 4 is 17.7 Å². The summed E-state index contributed by atoms with van der Waals surface area (Å²) in [5, 5.41) is 7.22. The minimum atomic E-state index is -0.398. The summed E-state index contributed by atoms with van der Waals surface area (Å²) in [5.41, 5.74) is 5.11. The molecule has 2 amide bonds. The van der Waals surface area contributed by atoms with Gasteiger partial charge in [-0.1, -0.05) is 12.1 Å². The number of nitrogens with one attached hydrogen (secondary N) is 1. The molecule has 0 bridgehead atoms. The van der Waals surface area contributed by atoms with Crippen molar-refractivity contribution < 1.29 is 14.3 Å². The normalized spacial score (nSPS) is 13.4. The van der Waals surface area contributed by atoms with E-state index in [1.165, 1.54) is 0 Å². The number of esters is 1. The van der Waals surface area contributed by atoms with Gasteiger partial charge >= 0.3 is 12.0 Å². The molecule has 29 heavy (non-hydrogen) atoms. The van der Waals surface area contributed by atoms with Gasteiger partial charge in [0.2, 0.25) is 0 Å². The Labute approximate surface area is 168 Å². The second-order valence-corrected chi connectivity index (χ2v) is 7.01. The summed E-state index contributed by atoms with van der Waals surface area (Å²) in [7, 11) is 0. The van der Waals surface area contributed by atoms with Gasteiger partial charge in [0.1, 0.15) is 6.61 Å². The SMILES string of the molecule is Cc1cc(C)n(-c2ccc(COC(=O)c3ccc(N4CCNC4=O)cc3)cc2)n1. The third-order valence-electron chi connectivity index (χ3n) is 4.83. The highest BCUT2D eigenvalue weighted by Gasteiger charge is 2.21. The zero-order chi connectivity index (χ0) is 20.4. The molecule has 0 atom stereocenters. The van der Waals surface area contributed by atoms with Crippen molar-refractivity contribution in [1.82, 2.24) is 15.1 Å². The van der Waals surface area contributed by atoms with Crippen molar-refractivity contribution in [3.8, 4) is 5.69 Å². The summed E-state index contributed by atoms with van der Waals surface area (Å²) in [6.07, 6.45) is 0. The van der Waals surface area contributed by atoms with E-state index in [1.54, 1.807) is 29.2 Å². The number of hydrogen-bond acceptors (Lipinski definition) is 4.